The van der Waals surface area contributed by atoms with Crippen molar-refractivity contribution >= 4 is 57.4 Å². The number of aromatic nitrogens is 5. The van der Waals surface area contributed by atoms with Crippen LogP contribution in [-0.2, 0) is 25.7 Å². The van der Waals surface area contributed by atoms with E-state index in [2.05, 4.69) is 37.1 Å². The number of carbonyl (C=O) groups is 4. The number of amides is 3. The lowest BCUT2D eigenvalue weighted by Gasteiger charge is -2.36. The number of nitrogens with zero attached hydrogens (tertiary/aromatic N) is 7. The number of nitrogens with two attached hydrogens (primary N) is 1. The maximum absolute atomic E-state index is 14.3. The van der Waals surface area contributed by atoms with Crippen LogP contribution in [0.4, 0.5) is 11.5 Å². The fourth-order valence-electron chi connectivity index (χ4n) is 8.91. The summed E-state index contributed by atoms with van der Waals surface area (Å²) < 4.78 is 8.00. The van der Waals surface area contributed by atoms with Gasteiger partial charge in [-0.05, 0) is 72.7 Å². The van der Waals surface area contributed by atoms with E-state index in [0.717, 1.165) is 21.7 Å². The van der Waals surface area contributed by atoms with Gasteiger partial charge in [-0.15, -0.1) is 11.3 Å². The first-order valence-corrected chi connectivity index (χ1v) is 23.3. The minimum atomic E-state index is -0.854. The number of carbonyl (C=O) groups excluding carboxylic acids is 4. The Morgan fingerprint density at radius 2 is 1.73 bits per heavy atom. The summed E-state index contributed by atoms with van der Waals surface area (Å²) in [6, 6.07) is 21.6. The normalized spacial score (nSPS) is 17.3. The Balaban J connectivity index is 0.911. The first-order chi connectivity index (χ1) is 32.2. The number of fused-ring (bicyclic) bond motifs is 1. The van der Waals surface area contributed by atoms with Crippen LogP contribution in [-0.4, -0.2) is 101 Å². The Kier molecular flexibility index (Phi) is 13.9. The Hall–Kier alpha value is -6.82. The highest BCUT2D eigenvalue weighted by atomic mass is 32.1. The minimum absolute atomic E-state index is 0.00253. The monoisotopic (exact) mass is 924 g/mol. The van der Waals surface area contributed by atoms with Crippen molar-refractivity contribution in [1.29, 1.82) is 0 Å². The first kappa shape index (κ1) is 46.7. The summed E-state index contributed by atoms with van der Waals surface area (Å²) in [4.78, 5) is 72.2. The van der Waals surface area contributed by atoms with Crippen LogP contribution in [0, 0.1) is 18.3 Å². The molecule has 3 amide bonds. The van der Waals surface area contributed by atoms with Crippen LogP contribution in [0.5, 0.6) is 11.5 Å². The van der Waals surface area contributed by atoms with Crippen molar-refractivity contribution in [3.05, 3.63) is 109 Å². The summed E-state index contributed by atoms with van der Waals surface area (Å²) in [6.07, 6.45) is 3.20. The molecular weight excluding hydrogens is 869 g/mol. The number of aliphatic hydroxyl groups is 1. The number of Topliss-reactive ketones (excluding diaryl/α,β-unsaturated/α-hetero) is 1. The van der Waals surface area contributed by atoms with Crippen molar-refractivity contribution in [2.24, 2.45) is 11.3 Å². The molecule has 16 nitrogen and oxygen atoms in total. The second kappa shape index (κ2) is 20.0. The lowest BCUT2D eigenvalue weighted by molar-refractivity contribution is -0.146. The first-order valence-electron chi connectivity index (χ1n) is 22.5. The van der Waals surface area contributed by atoms with Crippen LogP contribution in [0.15, 0.2) is 97.3 Å². The molecule has 3 aromatic carbocycles. The molecule has 2 aliphatic heterocycles. The lowest BCUT2D eigenvalue weighted by Crippen LogP contribution is -2.50. The third-order valence-electron chi connectivity index (χ3n) is 12.6. The molecule has 5 N–H and O–H groups in total. The Morgan fingerprint density at radius 1 is 1.00 bits per heavy atom. The average molecular weight is 925 g/mol. The highest BCUT2D eigenvalue weighted by Gasteiger charge is 2.44. The van der Waals surface area contributed by atoms with Gasteiger partial charge < -0.3 is 31.1 Å². The number of benzene rings is 3. The number of aryl methyl sites for hydroxylation is 1. The number of nitrogen functional groups attached to an aromatic ring is 1. The van der Waals surface area contributed by atoms with Crippen molar-refractivity contribution in [2.45, 2.75) is 78.1 Å². The fourth-order valence-corrected chi connectivity index (χ4v) is 9.72. The van der Waals surface area contributed by atoms with E-state index in [1.165, 1.54) is 17.3 Å². The molecule has 17 heteroatoms. The number of β-amino-alcohol motifs (C(OH)–C–C–N with tert-alkyl or cyclic N) is 1. The van der Waals surface area contributed by atoms with E-state index in [1.54, 1.807) is 23.5 Å². The number of anilines is 2. The van der Waals surface area contributed by atoms with Crippen LogP contribution in [0.3, 0.4) is 0 Å². The van der Waals surface area contributed by atoms with E-state index in [1.807, 2.05) is 98.6 Å². The van der Waals surface area contributed by atoms with E-state index < -0.39 is 29.4 Å². The molecule has 0 unspecified atom stereocenters. The highest BCUT2D eigenvalue weighted by molar-refractivity contribution is 7.13. The van der Waals surface area contributed by atoms with Gasteiger partial charge in [0.05, 0.1) is 45.8 Å². The zero-order valence-corrected chi connectivity index (χ0v) is 39.0. The van der Waals surface area contributed by atoms with Gasteiger partial charge in [0.25, 0.3) is 0 Å². The molecule has 2 fully saturated rings. The number of ketones is 1. The van der Waals surface area contributed by atoms with E-state index in [0.29, 0.717) is 65.4 Å². The molecule has 6 aromatic rings. The molecule has 8 rings (SSSR count). The van der Waals surface area contributed by atoms with Crippen LogP contribution in [0.2, 0.25) is 0 Å². The van der Waals surface area contributed by atoms with Gasteiger partial charge in [-0.2, -0.15) is 5.10 Å². The van der Waals surface area contributed by atoms with Crippen LogP contribution in [0.25, 0.3) is 32.7 Å². The number of thiazole rings is 1. The molecule has 0 spiro atoms. The third kappa shape index (κ3) is 10.6. The summed E-state index contributed by atoms with van der Waals surface area (Å²) >= 11 is 1.58. The second-order valence-corrected chi connectivity index (χ2v) is 19.2. The minimum Gasteiger partial charge on any atom is -0.455 e. The van der Waals surface area contributed by atoms with Gasteiger partial charge in [-0.25, -0.2) is 19.6 Å². The number of nitrogens with one attached hydrogen (secondary N) is 2. The molecule has 3 atom stereocenters. The standard InChI is InChI=1S/C50H56N10O6S/c1-6-42(63)56-39-22-33(16-17-41(39)66-37-10-8-7-9-11-37)44-43-46(51)53-28-54-47(43)60(57-44)34-18-20-58(21-19-34)26-35(61)23-38(50(3,4)5)49(65)59-27-36(62)24-40(59)48(64)52-25-31-12-14-32(15-13-31)45-30(2)55-29-67-45/h6-17,22,28-29,34,36,38,40,62H,1,18-21,23-27H2,2-5H3,(H,52,64)(H,56,63)(H2,51,53,54)/t36-,38-,40+/m0/s1. The number of hydrogen-bond donors (Lipinski definition) is 4. The van der Waals surface area contributed by atoms with Gasteiger partial charge in [0, 0.05) is 50.5 Å². The Bertz CT molecular complexity index is 2780. The number of rotatable bonds is 15. The number of likely N-dealkylation sites (tertiary alicyclic amines) is 2. The zero-order chi connectivity index (χ0) is 47.4. The molecule has 67 heavy (non-hydrogen) atoms. The van der Waals surface area contributed by atoms with Crippen molar-refractivity contribution in [2.75, 3.05) is 37.2 Å². The van der Waals surface area contributed by atoms with Gasteiger partial charge in [0.1, 0.15) is 35.4 Å². The summed E-state index contributed by atoms with van der Waals surface area (Å²) in [6.45, 7) is 13.0. The van der Waals surface area contributed by atoms with Crippen LogP contribution >= 0.6 is 11.3 Å². The molecular formula is C50H56N10O6S. The predicted octanol–water partition coefficient (Wildman–Crippen LogP) is 6.96. The smallest absolute Gasteiger partial charge is 0.247 e. The molecule has 3 aromatic heterocycles. The number of aliphatic hydroxyl groups excluding tert-OH is 1. The summed E-state index contributed by atoms with van der Waals surface area (Å²) in [7, 11) is 0. The van der Waals surface area contributed by atoms with Crippen LogP contribution in [0.1, 0.15) is 63.8 Å². The molecule has 5 heterocycles. The Morgan fingerprint density at radius 3 is 2.42 bits per heavy atom. The second-order valence-electron chi connectivity index (χ2n) is 18.3. The van der Waals surface area contributed by atoms with Crippen molar-refractivity contribution in [3.8, 4) is 33.2 Å². The predicted molar refractivity (Wildman–Crippen MR) is 258 cm³/mol. The van der Waals surface area contributed by atoms with Crippen molar-refractivity contribution in [1.82, 2.24) is 39.8 Å². The van der Waals surface area contributed by atoms with E-state index in [9.17, 15) is 24.3 Å². The number of piperidine rings is 1. The van der Waals surface area contributed by atoms with Crippen molar-refractivity contribution in [3.63, 3.8) is 0 Å². The molecule has 2 aliphatic rings. The fraction of sp³-hybridized carbons (Fsp3) is 0.360. The van der Waals surface area contributed by atoms with Gasteiger partial charge in [0.15, 0.2) is 11.4 Å². The Labute approximate surface area is 393 Å². The molecule has 0 bridgehead atoms. The highest BCUT2D eigenvalue weighted by Crippen LogP contribution is 2.39. The number of hydrogen-bond acceptors (Lipinski definition) is 13. The van der Waals surface area contributed by atoms with E-state index in [4.69, 9.17) is 15.6 Å². The van der Waals surface area contributed by atoms with Gasteiger partial charge >= 0.3 is 0 Å². The molecule has 2 saturated heterocycles. The zero-order valence-electron chi connectivity index (χ0n) is 38.1. The molecule has 0 radical (unpaired) electrons. The van der Waals surface area contributed by atoms with Crippen molar-refractivity contribution < 1.29 is 29.0 Å². The van der Waals surface area contributed by atoms with Gasteiger partial charge in [-0.3, -0.25) is 24.1 Å². The topological polar surface area (TPSA) is 211 Å². The molecule has 348 valence electrons. The average Bonchev–Trinajstić information content (AvgIpc) is 4.05. The summed E-state index contributed by atoms with van der Waals surface area (Å²) in [5.74, 6) is -0.543. The summed E-state index contributed by atoms with van der Waals surface area (Å²) in [5, 5.41) is 22.2. The maximum Gasteiger partial charge on any atom is 0.247 e. The maximum atomic E-state index is 14.3. The third-order valence-corrected chi connectivity index (χ3v) is 13.5. The number of para-hydroxylation sites is 1. The lowest BCUT2D eigenvalue weighted by atomic mass is 9.76. The van der Waals surface area contributed by atoms with Crippen LogP contribution < -0.4 is 21.1 Å². The summed E-state index contributed by atoms with van der Waals surface area (Å²) in [5.41, 5.74) is 12.8. The van der Waals surface area contributed by atoms with E-state index in [-0.39, 0.29) is 61.9 Å². The largest absolute Gasteiger partial charge is 0.455 e. The van der Waals surface area contributed by atoms with Gasteiger partial charge in [-0.1, -0.05) is 69.8 Å². The molecule has 0 saturated carbocycles. The number of ether oxygens (including phenoxy) is 1. The molecule has 0 aliphatic carbocycles. The quantitative estimate of drug-likeness (QED) is 0.0771. The SMILES string of the molecule is C=CC(=O)Nc1cc(-c2nn(C3CCN(CC(=O)C[C@@H](C(=O)N4C[C@@H](O)C[C@@H]4C(=O)NCc4ccc(-c5scnc5C)cc4)C(C)(C)C)CC3)c3ncnc(N)c23)ccc1Oc1ccccc1. The van der Waals surface area contributed by atoms with Gasteiger partial charge in [0.2, 0.25) is 17.7 Å². The van der Waals surface area contributed by atoms with E-state index >= 15 is 0 Å².